The largest absolute Gasteiger partial charge is 0.416 e. The molecule has 0 spiro atoms. The molecule has 1 aromatic rings. The standard InChI is InChI=1S/C15H20F3NO/c16-15(17,18)13-3-1-2-12(8-13)10-19-9-11-4-6-14(20)7-5-11/h1-3,8,11,14,19-20H,4-7,9-10H2. The van der Waals surface area contributed by atoms with Gasteiger partial charge in [0.15, 0.2) is 0 Å². The summed E-state index contributed by atoms with van der Waals surface area (Å²) in [6.07, 6.45) is -0.829. The predicted octanol–water partition coefficient (Wildman–Crippen LogP) is 3.35. The van der Waals surface area contributed by atoms with E-state index in [1.807, 2.05) is 0 Å². The van der Waals surface area contributed by atoms with Gasteiger partial charge in [-0.2, -0.15) is 13.2 Å². The Hall–Kier alpha value is -1.07. The van der Waals surface area contributed by atoms with Crippen LogP contribution in [0, 0.1) is 5.92 Å². The Morgan fingerprint density at radius 3 is 2.50 bits per heavy atom. The number of alkyl halides is 3. The summed E-state index contributed by atoms with van der Waals surface area (Å²) in [7, 11) is 0. The van der Waals surface area contributed by atoms with Gasteiger partial charge in [0.1, 0.15) is 0 Å². The molecule has 2 rings (SSSR count). The van der Waals surface area contributed by atoms with Gasteiger partial charge in [-0.25, -0.2) is 0 Å². The number of benzene rings is 1. The zero-order chi connectivity index (χ0) is 14.6. The van der Waals surface area contributed by atoms with Crippen LogP contribution in [0.25, 0.3) is 0 Å². The fourth-order valence-corrected chi connectivity index (χ4v) is 2.63. The van der Waals surface area contributed by atoms with Crippen molar-refractivity contribution < 1.29 is 18.3 Å². The van der Waals surface area contributed by atoms with Gasteiger partial charge in [0.25, 0.3) is 0 Å². The van der Waals surface area contributed by atoms with Gasteiger partial charge < -0.3 is 10.4 Å². The van der Waals surface area contributed by atoms with Crippen LogP contribution < -0.4 is 5.32 Å². The van der Waals surface area contributed by atoms with Crippen LogP contribution in [0.1, 0.15) is 36.8 Å². The minimum absolute atomic E-state index is 0.172. The van der Waals surface area contributed by atoms with Crippen LogP contribution in [0.4, 0.5) is 13.2 Å². The third kappa shape index (κ3) is 4.49. The molecule has 0 aromatic heterocycles. The summed E-state index contributed by atoms with van der Waals surface area (Å²) in [5, 5.41) is 12.6. The average Bonchev–Trinajstić information content (AvgIpc) is 2.40. The molecular weight excluding hydrogens is 267 g/mol. The second-order valence-electron chi connectivity index (χ2n) is 5.50. The van der Waals surface area contributed by atoms with Crippen molar-refractivity contribution in [3.05, 3.63) is 35.4 Å². The molecule has 2 N–H and O–H groups in total. The molecular formula is C15H20F3NO. The lowest BCUT2D eigenvalue weighted by molar-refractivity contribution is -0.137. The maximum Gasteiger partial charge on any atom is 0.416 e. The van der Waals surface area contributed by atoms with Crippen LogP contribution in [0.15, 0.2) is 24.3 Å². The maximum atomic E-state index is 12.6. The highest BCUT2D eigenvalue weighted by atomic mass is 19.4. The third-order valence-corrected chi connectivity index (χ3v) is 3.83. The Labute approximate surface area is 117 Å². The van der Waals surface area contributed by atoms with Gasteiger partial charge in [-0.3, -0.25) is 0 Å². The van der Waals surface area contributed by atoms with E-state index in [2.05, 4.69) is 5.32 Å². The summed E-state index contributed by atoms with van der Waals surface area (Å²) < 4.78 is 37.7. The molecule has 2 nitrogen and oxygen atoms in total. The molecule has 0 heterocycles. The molecule has 0 saturated heterocycles. The monoisotopic (exact) mass is 287 g/mol. The summed E-state index contributed by atoms with van der Waals surface area (Å²) in [6, 6.07) is 5.42. The normalized spacial score (nSPS) is 23.8. The van der Waals surface area contributed by atoms with Crippen LogP contribution in [0.2, 0.25) is 0 Å². The van der Waals surface area contributed by atoms with E-state index >= 15 is 0 Å². The molecule has 20 heavy (non-hydrogen) atoms. The lowest BCUT2D eigenvalue weighted by Gasteiger charge is -2.25. The zero-order valence-electron chi connectivity index (χ0n) is 11.3. The highest BCUT2D eigenvalue weighted by Gasteiger charge is 2.30. The molecule has 0 aliphatic heterocycles. The van der Waals surface area contributed by atoms with Crippen molar-refractivity contribution >= 4 is 0 Å². The van der Waals surface area contributed by atoms with Crippen molar-refractivity contribution in [2.24, 2.45) is 5.92 Å². The fraction of sp³-hybridized carbons (Fsp3) is 0.600. The topological polar surface area (TPSA) is 32.3 Å². The lowest BCUT2D eigenvalue weighted by Crippen LogP contribution is -2.27. The SMILES string of the molecule is OC1CCC(CNCc2cccc(C(F)(F)F)c2)CC1. The second-order valence-corrected chi connectivity index (χ2v) is 5.50. The number of rotatable bonds is 4. The predicted molar refractivity (Wildman–Crippen MR) is 71.1 cm³/mol. The first-order chi connectivity index (χ1) is 9.45. The van der Waals surface area contributed by atoms with Gasteiger partial charge in [-0.1, -0.05) is 18.2 Å². The van der Waals surface area contributed by atoms with Crippen LogP contribution in [-0.4, -0.2) is 17.8 Å². The number of nitrogens with one attached hydrogen (secondary N) is 1. The first-order valence-corrected chi connectivity index (χ1v) is 7.00. The molecule has 1 aliphatic carbocycles. The van der Waals surface area contributed by atoms with E-state index in [9.17, 15) is 18.3 Å². The zero-order valence-corrected chi connectivity index (χ0v) is 11.3. The van der Waals surface area contributed by atoms with Gasteiger partial charge in [0.05, 0.1) is 11.7 Å². The maximum absolute atomic E-state index is 12.6. The molecule has 0 bridgehead atoms. The number of halogens is 3. The van der Waals surface area contributed by atoms with Crippen molar-refractivity contribution in [3.63, 3.8) is 0 Å². The highest BCUT2D eigenvalue weighted by Crippen LogP contribution is 2.29. The Balaban J connectivity index is 1.79. The molecule has 0 unspecified atom stereocenters. The summed E-state index contributed by atoms with van der Waals surface area (Å²) >= 11 is 0. The summed E-state index contributed by atoms with van der Waals surface area (Å²) in [4.78, 5) is 0. The Morgan fingerprint density at radius 1 is 1.15 bits per heavy atom. The lowest BCUT2D eigenvalue weighted by atomic mass is 9.87. The van der Waals surface area contributed by atoms with E-state index in [0.29, 0.717) is 18.0 Å². The molecule has 5 heteroatoms. The van der Waals surface area contributed by atoms with Crippen molar-refractivity contribution in [1.29, 1.82) is 0 Å². The first kappa shape index (κ1) is 15.3. The Kier molecular flexibility index (Phi) is 5.05. The minimum Gasteiger partial charge on any atom is -0.393 e. The van der Waals surface area contributed by atoms with E-state index in [1.165, 1.54) is 12.1 Å². The summed E-state index contributed by atoms with van der Waals surface area (Å²) in [6.45, 7) is 1.24. The molecule has 1 aromatic carbocycles. The van der Waals surface area contributed by atoms with E-state index < -0.39 is 11.7 Å². The Morgan fingerprint density at radius 2 is 1.85 bits per heavy atom. The van der Waals surface area contributed by atoms with Crippen LogP contribution in [-0.2, 0) is 12.7 Å². The molecule has 1 saturated carbocycles. The summed E-state index contributed by atoms with van der Waals surface area (Å²) in [5.74, 6) is 0.518. The van der Waals surface area contributed by atoms with Gasteiger partial charge in [0.2, 0.25) is 0 Å². The Bertz CT molecular complexity index is 425. The van der Waals surface area contributed by atoms with Gasteiger partial charge in [-0.05, 0) is 49.8 Å². The molecule has 0 atom stereocenters. The average molecular weight is 287 g/mol. The van der Waals surface area contributed by atoms with Gasteiger partial charge >= 0.3 is 6.18 Å². The van der Waals surface area contributed by atoms with E-state index in [0.717, 1.165) is 38.3 Å². The van der Waals surface area contributed by atoms with Crippen LogP contribution >= 0.6 is 0 Å². The molecule has 112 valence electrons. The third-order valence-electron chi connectivity index (χ3n) is 3.83. The fourth-order valence-electron chi connectivity index (χ4n) is 2.63. The van der Waals surface area contributed by atoms with Gasteiger partial charge in [-0.15, -0.1) is 0 Å². The second kappa shape index (κ2) is 6.59. The van der Waals surface area contributed by atoms with Crippen molar-refractivity contribution in [2.75, 3.05) is 6.54 Å². The number of aliphatic hydroxyl groups excluding tert-OH is 1. The van der Waals surface area contributed by atoms with E-state index in [1.54, 1.807) is 6.07 Å². The van der Waals surface area contributed by atoms with Crippen LogP contribution in [0.5, 0.6) is 0 Å². The van der Waals surface area contributed by atoms with Crippen molar-refractivity contribution in [1.82, 2.24) is 5.32 Å². The smallest absolute Gasteiger partial charge is 0.393 e. The molecule has 1 fully saturated rings. The van der Waals surface area contributed by atoms with E-state index in [4.69, 9.17) is 0 Å². The van der Waals surface area contributed by atoms with Crippen LogP contribution in [0.3, 0.4) is 0 Å². The highest BCUT2D eigenvalue weighted by molar-refractivity contribution is 5.25. The number of hydrogen-bond donors (Lipinski definition) is 2. The first-order valence-electron chi connectivity index (χ1n) is 7.00. The molecule has 0 radical (unpaired) electrons. The number of hydrogen-bond acceptors (Lipinski definition) is 2. The minimum atomic E-state index is -4.28. The quantitative estimate of drug-likeness (QED) is 0.890. The van der Waals surface area contributed by atoms with Crippen molar-refractivity contribution in [2.45, 2.75) is 44.5 Å². The van der Waals surface area contributed by atoms with E-state index in [-0.39, 0.29) is 6.10 Å². The summed E-state index contributed by atoms with van der Waals surface area (Å²) in [5.41, 5.74) is 0.0493. The van der Waals surface area contributed by atoms with Crippen molar-refractivity contribution in [3.8, 4) is 0 Å². The molecule has 0 amide bonds. The number of aliphatic hydroxyl groups is 1. The molecule has 1 aliphatic rings. The van der Waals surface area contributed by atoms with Gasteiger partial charge in [0, 0.05) is 6.54 Å².